The lowest BCUT2D eigenvalue weighted by Crippen LogP contribution is -2.37. The Morgan fingerprint density at radius 3 is 2.73 bits per heavy atom. The summed E-state index contributed by atoms with van der Waals surface area (Å²) in [5.41, 5.74) is 6.76. The molecule has 0 radical (unpaired) electrons. The predicted octanol–water partition coefficient (Wildman–Crippen LogP) is 5.12. The van der Waals surface area contributed by atoms with Crippen molar-refractivity contribution in [1.29, 1.82) is 0 Å². The van der Waals surface area contributed by atoms with Crippen LogP contribution in [-0.4, -0.2) is 65.5 Å². The van der Waals surface area contributed by atoms with Gasteiger partial charge in [-0.3, -0.25) is 4.79 Å². The molecule has 5 rings (SSSR count). The number of hydrogen-bond acceptors (Lipinski definition) is 7. The third kappa shape index (κ3) is 6.70. The van der Waals surface area contributed by atoms with Crippen LogP contribution < -0.4 is 10.1 Å². The van der Waals surface area contributed by atoms with Crippen LogP contribution >= 0.6 is 0 Å². The zero-order chi connectivity index (χ0) is 27.9. The molecule has 40 heavy (non-hydrogen) atoms. The molecule has 1 saturated heterocycles. The molecule has 1 aliphatic heterocycles. The fourth-order valence-electron chi connectivity index (χ4n) is 5.30. The van der Waals surface area contributed by atoms with Gasteiger partial charge in [-0.15, -0.1) is 0 Å². The van der Waals surface area contributed by atoms with Crippen molar-refractivity contribution in [3.05, 3.63) is 71.8 Å². The van der Waals surface area contributed by atoms with Crippen LogP contribution in [-0.2, 0) is 11.3 Å². The fourth-order valence-corrected chi connectivity index (χ4v) is 5.30. The van der Waals surface area contributed by atoms with Gasteiger partial charge in [0.2, 0.25) is 5.89 Å². The van der Waals surface area contributed by atoms with E-state index in [1.165, 1.54) is 0 Å². The van der Waals surface area contributed by atoms with Gasteiger partial charge in [0.25, 0.3) is 0 Å². The SMILES string of the molecule is Cc1c(OCCCN2CCC(C(=O)O)CC2)cccc1-c1ccc2nc(-c3cccc(CNCCO)c3)oc2c1. The summed E-state index contributed by atoms with van der Waals surface area (Å²) in [6.45, 7) is 6.61. The van der Waals surface area contributed by atoms with E-state index < -0.39 is 5.97 Å². The number of carboxylic acid groups (broad SMARTS) is 1. The number of carbonyl (C=O) groups is 1. The number of carboxylic acids is 1. The molecule has 1 fully saturated rings. The molecule has 4 aromatic rings. The first-order valence-electron chi connectivity index (χ1n) is 14.0. The standard InChI is InChI=1S/C32H37N3O5/c1-22-27(7-3-8-29(22)39-18-4-14-35-15-11-24(12-16-35)32(37)38)25-9-10-28-30(20-25)40-31(34-28)26-6-2-5-23(19-26)21-33-13-17-36/h2-3,5-10,19-20,24,33,36H,4,11-18,21H2,1H3,(H,37,38). The Hall–Kier alpha value is -3.72. The predicted molar refractivity (Wildman–Crippen MR) is 155 cm³/mol. The van der Waals surface area contributed by atoms with Crippen molar-refractivity contribution in [2.24, 2.45) is 5.92 Å². The van der Waals surface area contributed by atoms with E-state index in [9.17, 15) is 9.90 Å². The van der Waals surface area contributed by atoms with Crippen LogP contribution in [0.25, 0.3) is 33.7 Å². The average Bonchev–Trinajstić information content (AvgIpc) is 3.40. The highest BCUT2D eigenvalue weighted by molar-refractivity contribution is 5.83. The third-order valence-corrected chi connectivity index (χ3v) is 7.59. The lowest BCUT2D eigenvalue weighted by atomic mass is 9.97. The Morgan fingerprint density at radius 1 is 1.10 bits per heavy atom. The number of hydrogen-bond donors (Lipinski definition) is 3. The van der Waals surface area contributed by atoms with Gasteiger partial charge in [0, 0.05) is 25.2 Å². The highest BCUT2D eigenvalue weighted by Gasteiger charge is 2.24. The Morgan fingerprint density at radius 2 is 1.93 bits per heavy atom. The van der Waals surface area contributed by atoms with E-state index >= 15 is 0 Å². The van der Waals surface area contributed by atoms with Crippen LogP contribution in [0.1, 0.15) is 30.4 Å². The number of rotatable bonds is 12. The van der Waals surface area contributed by atoms with Gasteiger partial charge in [0.05, 0.1) is 19.1 Å². The Bertz CT molecular complexity index is 1440. The summed E-state index contributed by atoms with van der Waals surface area (Å²) in [4.78, 5) is 18.2. The quantitative estimate of drug-likeness (QED) is 0.212. The summed E-state index contributed by atoms with van der Waals surface area (Å²) in [5, 5.41) is 21.4. The molecular weight excluding hydrogens is 506 g/mol. The number of aliphatic carboxylic acids is 1. The van der Waals surface area contributed by atoms with Crippen LogP contribution in [0.3, 0.4) is 0 Å². The smallest absolute Gasteiger partial charge is 0.306 e. The van der Waals surface area contributed by atoms with E-state index in [1.807, 2.05) is 42.5 Å². The lowest BCUT2D eigenvalue weighted by molar-refractivity contribution is -0.143. The van der Waals surface area contributed by atoms with Gasteiger partial charge in [-0.1, -0.05) is 30.3 Å². The molecule has 1 aliphatic rings. The van der Waals surface area contributed by atoms with Crippen molar-refractivity contribution < 1.29 is 24.2 Å². The van der Waals surface area contributed by atoms with Crippen molar-refractivity contribution in [1.82, 2.24) is 15.2 Å². The van der Waals surface area contributed by atoms with Crippen molar-refractivity contribution in [2.45, 2.75) is 32.7 Å². The average molecular weight is 544 g/mol. The number of oxazole rings is 1. The maximum atomic E-state index is 11.2. The first-order chi connectivity index (χ1) is 19.5. The molecule has 0 unspecified atom stereocenters. The van der Waals surface area contributed by atoms with E-state index in [4.69, 9.17) is 19.2 Å². The lowest BCUT2D eigenvalue weighted by Gasteiger charge is -2.29. The summed E-state index contributed by atoms with van der Waals surface area (Å²) in [5.74, 6) is 0.580. The fraction of sp³-hybridized carbons (Fsp3) is 0.375. The minimum atomic E-state index is -0.671. The number of fused-ring (bicyclic) bond motifs is 1. The molecule has 8 nitrogen and oxygen atoms in total. The monoisotopic (exact) mass is 543 g/mol. The second kappa shape index (κ2) is 13.1. The summed E-state index contributed by atoms with van der Waals surface area (Å²) in [6, 6.07) is 20.3. The molecule has 8 heteroatoms. The minimum Gasteiger partial charge on any atom is -0.493 e. The Kier molecular flexibility index (Phi) is 9.11. The molecular formula is C32H37N3O5. The summed E-state index contributed by atoms with van der Waals surface area (Å²) < 4.78 is 12.4. The van der Waals surface area contributed by atoms with Crippen LogP contribution in [0.15, 0.2) is 65.1 Å². The van der Waals surface area contributed by atoms with Crippen LogP contribution in [0, 0.1) is 12.8 Å². The number of nitrogens with one attached hydrogen (secondary N) is 1. The van der Waals surface area contributed by atoms with Crippen molar-refractivity contribution in [2.75, 3.05) is 39.4 Å². The molecule has 0 amide bonds. The largest absolute Gasteiger partial charge is 0.493 e. The van der Waals surface area contributed by atoms with Gasteiger partial charge < -0.3 is 29.6 Å². The van der Waals surface area contributed by atoms with E-state index in [1.54, 1.807) is 0 Å². The van der Waals surface area contributed by atoms with Crippen molar-refractivity contribution in [3.8, 4) is 28.3 Å². The molecule has 210 valence electrons. The number of aliphatic hydroxyl groups is 1. The number of piperidine rings is 1. The molecule has 3 N–H and O–H groups in total. The molecule has 0 spiro atoms. The Balaban J connectivity index is 1.23. The van der Waals surface area contributed by atoms with Gasteiger partial charge in [0.1, 0.15) is 11.3 Å². The number of aliphatic hydroxyl groups excluding tert-OH is 1. The van der Waals surface area contributed by atoms with Crippen molar-refractivity contribution in [3.63, 3.8) is 0 Å². The zero-order valence-corrected chi connectivity index (χ0v) is 22.9. The number of aromatic nitrogens is 1. The molecule has 0 aliphatic carbocycles. The van der Waals surface area contributed by atoms with Gasteiger partial charge >= 0.3 is 5.97 Å². The highest BCUT2D eigenvalue weighted by atomic mass is 16.5. The van der Waals surface area contributed by atoms with E-state index in [2.05, 4.69) is 35.3 Å². The van der Waals surface area contributed by atoms with Gasteiger partial charge in [-0.25, -0.2) is 4.98 Å². The van der Waals surface area contributed by atoms with Gasteiger partial charge in [-0.05, 0) is 91.9 Å². The van der Waals surface area contributed by atoms with Gasteiger partial charge in [-0.2, -0.15) is 0 Å². The second-order valence-electron chi connectivity index (χ2n) is 10.4. The van der Waals surface area contributed by atoms with E-state index in [-0.39, 0.29) is 12.5 Å². The first kappa shape index (κ1) is 27.8. The van der Waals surface area contributed by atoms with E-state index in [0.29, 0.717) is 25.6 Å². The minimum absolute atomic E-state index is 0.109. The molecule has 2 heterocycles. The summed E-state index contributed by atoms with van der Waals surface area (Å²) in [7, 11) is 0. The summed E-state index contributed by atoms with van der Waals surface area (Å²) in [6.07, 6.45) is 2.35. The number of likely N-dealkylation sites (tertiary alicyclic amines) is 1. The number of benzene rings is 3. The zero-order valence-electron chi connectivity index (χ0n) is 22.9. The maximum absolute atomic E-state index is 11.2. The summed E-state index contributed by atoms with van der Waals surface area (Å²) >= 11 is 0. The Labute approximate surface area is 234 Å². The molecule has 3 aromatic carbocycles. The molecule has 0 saturated carbocycles. The van der Waals surface area contributed by atoms with Crippen LogP contribution in [0.2, 0.25) is 0 Å². The second-order valence-corrected chi connectivity index (χ2v) is 10.4. The third-order valence-electron chi connectivity index (χ3n) is 7.59. The van der Waals surface area contributed by atoms with Crippen molar-refractivity contribution >= 4 is 17.1 Å². The van der Waals surface area contributed by atoms with Gasteiger partial charge in [0.15, 0.2) is 5.58 Å². The molecule has 0 bridgehead atoms. The topological polar surface area (TPSA) is 108 Å². The highest BCUT2D eigenvalue weighted by Crippen LogP contribution is 2.33. The number of nitrogens with zero attached hydrogens (tertiary/aromatic N) is 2. The van der Waals surface area contributed by atoms with Crippen LogP contribution in [0.5, 0.6) is 5.75 Å². The first-order valence-corrected chi connectivity index (χ1v) is 14.0. The molecule has 1 aromatic heterocycles. The normalized spacial score (nSPS) is 14.6. The van der Waals surface area contributed by atoms with Crippen LogP contribution in [0.4, 0.5) is 0 Å². The number of ether oxygens (including phenoxy) is 1. The maximum Gasteiger partial charge on any atom is 0.306 e. The molecule has 0 atom stereocenters. The van der Waals surface area contributed by atoms with E-state index in [0.717, 1.165) is 83.6 Å².